The van der Waals surface area contributed by atoms with Gasteiger partial charge in [0, 0.05) is 22.0 Å². The predicted molar refractivity (Wildman–Crippen MR) is 177 cm³/mol. The summed E-state index contributed by atoms with van der Waals surface area (Å²) in [7, 11) is 0. The van der Waals surface area contributed by atoms with Crippen molar-refractivity contribution in [2.75, 3.05) is 0 Å². The topological polar surface area (TPSA) is 29.3 Å². The first-order valence-electron chi connectivity index (χ1n) is 14.2. The minimum Gasteiger partial charge on any atom is -0.359 e. The molecule has 0 spiro atoms. The Morgan fingerprint density at radius 2 is 1.21 bits per heavy atom. The number of hydrogen-bond acceptors (Lipinski definition) is 3. The molecule has 8 rings (SSSR count). The van der Waals surface area contributed by atoms with Gasteiger partial charge in [-0.1, -0.05) is 115 Å². The SMILES string of the molecule is C1=C(c2ccccc2)N=C(c2ccc(-c3ccc(-n4c5ccccc5c5ccsc54)cc3)cc2)NC1c1ccccc1. The molecule has 2 aromatic heterocycles. The van der Waals surface area contributed by atoms with Gasteiger partial charge in [-0.3, -0.25) is 0 Å². The summed E-state index contributed by atoms with van der Waals surface area (Å²) in [5.74, 6) is 0.881. The normalized spacial score (nSPS) is 14.9. The number of para-hydroxylation sites is 1. The van der Waals surface area contributed by atoms with Crippen LogP contribution in [0.25, 0.3) is 43.6 Å². The molecule has 5 aromatic carbocycles. The lowest BCUT2D eigenvalue weighted by atomic mass is 9.99. The Balaban J connectivity index is 1.11. The molecule has 1 N–H and O–H groups in total. The van der Waals surface area contributed by atoms with Crippen molar-refractivity contribution in [2.45, 2.75) is 6.04 Å². The fourth-order valence-corrected chi connectivity index (χ4v) is 6.81. The lowest BCUT2D eigenvalue weighted by Gasteiger charge is -2.24. The number of fused-ring (bicyclic) bond motifs is 3. The van der Waals surface area contributed by atoms with E-state index in [2.05, 4.69) is 155 Å². The van der Waals surface area contributed by atoms with Crippen LogP contribution in [0.5, 0.6) is 0 Å². The van der Waals surface area contributed by atoms with Crippen LogP contribution in [0, 0.1) is 0 Å². The number of hydrogen-bond donors (Lipinski definition) is 1. The van der Waals surface area contributed by atoms with Gasteiger partial charge >= 0.3 is 0 Å². The molecular formula is C38H27N3S. The number of amidine groups is 1. The van der Waals surface area contributed by atoms with Crippen molar-refractivity contribution >= 4 is 44.0 Å². The lowest BCUT2D eigenvalue weighted by Crippen LogP contribution is -2.31. The molecule has 0 radical (unpaired) electrons. The third-order valence-electron chi connectivity index (χ3n) is 7.98. The van der Waals surface area contributed by atoms with Crippen LogP contribution in [0.2, 0.25) is 0 Å². The van der Waals surface area contributed by atoms with Gasteiger partial charge in [-0.25, -0.2) is 4.99 Å². The quantitative estimate of drug-likeness (QED) is 0.224. The van der Waals surface area contributed by atoms with Gasteiger partial charge < -0.3 is 9.88 Å². The molecule has 3 nitrogen and oxygen atoms in total. The second-order valence-electron chi connectivity index (χ2n) is 10.5. The Bertz CT molecular complexity index is 2080. The summed E-state index contributed by atoms with van der Waals surface area (Å²) in [6.07, 6.45) is 2.21. The van der Waals surface area contributed by atoms with Crippen molar-refractivity contribution < 1.29 is 0 Å². The molecule has 0 amide bonds. The Kier molecular flexibility index (Phi) is 6.05. The third kappa shape index (κ3) is 4.33. The number of benzene rings is 5. The average molecular weight is 558 g/mol. The van der Waals surface area contributed by atoms with Crippen molar-refractivity contribution in [1.29, 1.82) is 0 Å². The number of thiophene rings is 1. The second-order valence-corrected chi connectivity index (χ2v) is 11.4. The fourth-order valence-electron chi connectivity index (χ4n) is 5.86. The van der Waals surface area contributed by atoms with E-state index in [4.69, 9.17) is 4.99 Å². The molecule has 3 heterocycles. The Morgan fingerprint density at radius 3 is 1.98 bits per heavy atom. The molecule has 0 saturated carbocycles. The zero-order valence-electron chi connectivity index (χ0n) is 22.8. The summed E-state index contributed by atoms with van der Waals surface area (Å²) in [4.78, 5) is 6.33. The highest BCUT2D eigenvalue weighted by molar-refractivity contribution is 7.17. The molecule has 200 valence electrons. The van der Waals surface area contributed by atoms with Crippen molar-refractivity contribution in [2.24, 2.45) is 4.99 Å². The summed E-state index contributed by atoms with van der Waals surface area (Å²) in [5.41, 5.74) is 9.17. The Labute approximate surface area is 248 Å². The summed E-state index contributed by atoms with van der Waals surface area (Å²) in [5, 5.41) is 8.46. The van der Waals surface area contributed by atoms with E-state index in [1.807, 2.05) is 6.07 Å². The molecule has 1 aliphatic heterocycles. The molecule has 1 atom stereocenters. The molecule has 7 aromatic rings. The number of aliphatic imine (C=N–C) groups is 1. The molecule has 0 saturated heterocycles. The van der Waals surface area contributed by atoms with E-state index in [0.717, 1.165) is 22.7 Å². The largest absolute Gasteiger partial charge is 0.359 e. The summed E-state index contributed by atoms with van der Waals surface area (Å²) < 4.78 is 2.37. The van der Waals surface area contributed by atoms with E-state index in [1.165, 1.54) is 43.5 Å². The predicted octanol–water partition coefficient (Wildman–Crippen LogP) is 9.64. The molecule has 0 fully saturated rings. The highest BCUT2D eigenvalue weighted by Gasteiger charge is 2.20. The van der Waals surface area contributed by atoms with Crippen LogP contribution in [-0.2, 0) is 0 Å². The van der Waals surface area contributed by atoms with E-state index < -0.39 is 0 Å². The smallest absolute Gasteiger partial charge is 0.134 e. The maximum Gasteiger partial charge on any atom is 0.134 e. The van der Waals surface area contributed by atoms with E-state index >= 15 is 0 Å². The third-order valence-corrected chi connectivity index (χ3v) is 8.88. The first-order chi connectivity index (χ1) is 20.8. The molecule has 42 heavy (non-hydrogen) atoms. The molecule has 0 bridgehead atoms. The maximum atomic E-state index is 5.05. The van der Waals surface area contributed by atoms with Crippen molar-refractivity contribution in [3.8, 4) is 16.8 Å². The standard InChI is InChI=1S/C38H27N3S/c1-3-9-28(10-4-1)34-25-35(29-11-5-2-6-12-29)40-37(39-34)30-17-15-26(16-18-30)27-19-21-31(22-20-27)41-36-14-8-7-13-32(36)33-23-24-42-38(33)41/h1-25,34H,(H,39,40). The molecule has 4 heteroatoms. The van der Waals surface area contributed by atoms with Gasteiger partial charge in [0.1, 0.15) is 10.7 Å². The summed E-state index contributed by atoms with van der Waals surface area (Å²) in [6.45, 7) is 0. The van der Waals surface area contributed by atoms with Gasteiger partial charge in [0.25, 0.3) is 0 Å². The van der Waals surface area contributed by atoms with Crippen LogP contribution in [0.15, 0.2) is 156 Å². The highest BCUT2D eigenvalue weighted by atomic mass is 32.1. The summed E-state index contributed by atoms with van der Waals surface area (Å²) >= 11 is 1.79. The van der Waals surface area contributed by atoms with E-state index in [1.54, 1.807) is 11.3 Å². The van der Waals surface area contributed by atoms with E-state index in [9.17, 15) is 0 Å². The highest BCUT2D eigenvalue weighted by Crippen LogP contribution is 2.36. The average Bonchev–Trinajstić information content (AvgIpc) is 3.67. The van der Waals surface area contributed by atoms with Crippen molar-refractivity contribution in [1.82, 2.24) is 9.88 Å². The van der Waals surface area contributed by atoms with Gasteiger partial charge in [-0.05, 0) is 58.0 Å². The monoisotopic (exact) mass is 557 g/mol. The molecule has 1 aliphatic rings. The van der Waals surface area contributed by atoms with Crippen LogP contribution in [0.4, 0.5) is 0 Å². The molecular weight excluding hydrogens is 531 g/mol. The zero-order valence-corrected chi connectivity index (χ0v) is 23.6. The van der Waals surface area contributed by atoms with Crippen LogP contribution in [-0.4, -0.2) is 10.4 Å². The second kappa shape index (κ2) is 10.3. The number of nitrogens with zero attached hydrogens (tertiary/aromatic N) is 2. The lowest BCUT2D eigenvalue weighted by molar-refractivity contribution is 0.781. The number of aromatic nitrogens is 1. The number of rotatable bonds is 5. The van der Waals surface area contributed by atoms with Gasteiger partial charge in [0.15, 0.2) is 0 Å². The van der Waals surface area contributed by atoms with Gasteiger partial charge in [0.2, 0.25) is 0 Å². The van der Waals surface area contributed by atoms with E-state index in [-0.39, 0.29) is 6.04 Å². The van der Waals surface area contributed by atoms with Crippen LogP contribution >= 0.6 is 11.3 Å². The van der Waals surface area contributed by atoms with Crippen LogP contribution < -0.4 is 5.32 Å². The number of nitrogens with one attached hydrogen (secondary N) is 1. The van der Waals surface area contributed by atoms with Gasteiger partial charge in [-0.15, -0.1) is 11.3 Å². The Hall–Kier alpha value is -5.19. The fraction of sp³-hybridized carbons (Fsp3) is 0.0263. The first-order valence-corrected chi connectivity index (χ1v) is 15.1. The van der Waals surface area contributed by atoms with Crippen LogP contribution in [0.1, 0.15) is 22.7 Å². The minimum atomic E-state index is 0.0423. The van der Waals surface area contributed by atoms with Crippen LogP contribution in [0.3, 0.4) is 0 Å². The van der Waals surface area contributed by atoms with Crippen molar-refractivity contribution in [3.05, 3.63) is 168 Å². The Morgan fingerprint density at radius 1 is 0.571 bits per heavy atom. The van der Waals surface area contributed by atoms with Crippen molar-refractivity contribution in [3.63, 3.8) is 0 Å². The van der Waals surface area contributed by atoms with Gasteiger partial charge in [-0.2, -0.15) is 0 Å². The molecule has 1 unspecified atom stereocenters. The summed E-state index contributed by atoms with van der Waals surface area (Å²) in [6, 6.07) is 49.5. The van der Waals surface area contributed by atoms with E-state index in [0.29, 0.717) is 0 Å². The maximum absolute atomic E-state index is 5.05. The van der Waals surface area contributed by atoms with Gasteiger partial charge in [0.05, 0.1) is 17.3 Å². The molecule has 0 aliphatic carbocycles. The first kappa shape index (κ1) is 24.6. The minimum absolute atomic E-state index is 0.0423. The zero-order chi connectivity index (χ0) is 27.9.